The minimum Gasteiger partial charge on any atom is -0.362 e. The Morgan fingerprint density at radius 3 is 2.32 bits per heavy atom. The molecule has 4 heterocycles. The van der Waals surface area contributed by atoms with Gasteiger partial charge >= 0.3 is 0 Å². The molecule has 3 aromatic rings. The number of nitrogens with zero attached hydrogens (tertiary/aromatic N) is 8. The summed E-state index contributed by atoms with van der Waals surface area (Å²) in [6.07, 6.45) is 0. The van der Waals surface area contributed by atoms with Gasteiger partial charge in [0.05, 0.1) is 6.54 Å². The lowest BCUT2D eigenvalue weighted by atomic mass is 10.1. The lowest BCUT2D eigenvalue weighted by Gasteiger charge is -2.34. The van der Waals surface area contributed by atoms with Gasteiger partial charge in [-0.1, -0.05) is 24.3 Å². The van der Waals surface area contributed by atoms with Gasteiger partial charge in [0.15, 0.2) is 0 Å². The van der Waals surface area contributed by atoms with Gasteiger partial charge in [0.2, 0.25) is 11.9 Å². The maximum Gasteiger partial charge on any atom is 0.273 e. The van der Waals surface area contributed by atoms with Gasteiger partial charge in [0.1, 0.15) is 23.1 Å². The number of hydrogen-bond acceptors (Lipinski definition) is 8. The molecule has 0 atom stereocenters. The number of amides is 2. The number of pyridine rings is 1. The van der Waals surface area contributed by atoms with E-state index in [2.05, 4.69) is 23.1 Å². The molecule has 5 rings (SSSR count). The summed E-state index contributed by atoms with van der Waals surface area (Å²) in [5, 5.41) is 2.15. The second-order valence-corrected chi connectivity index (χ2v) is 10.2. The van der Waals surface area contributed by atoms with Crippen molar-refractivity contribution in [2.45, 2.75) is 33.4 Å². The summed E-state index contributed by atoms with van der Waals surface area (Å²) in [6.45, 7) is 8.50. The molecule has 2 aliphatic rings. The average molecular weight is 503 g/mol. The molecule has 1 fully saturated rings. The number of benzene rings is 1. The summed E-state index contributed by atoms with van der Waals surface area (Å²) in [6, 6.07) is 10.3. The average Bonchev–Trinajstić information content (AvgIpc) is 3.23. The molecule has 0 radical (unpaired) electrons. The summed E-state index contributed by atoms with van der Waals surface area (Å²) in [4.78, 5) is 49.6. The molecule has 2 amide bonds. The first-order valence-corrected chi connectivity index (χ1v) is 12.7. The lowest BCUT2D eigenvalue weighted by Crippen LogP contribution is -2.48. The summed E-state index contributed by atoms with van der Waals surface area (Å²) < 4.78 is 0. The monoisotopic (exact) mass is 502 g/mol. The van der Waals surface area contributed by atoms with E-state index in [-0.39, 0.29) is 17.9 Å². The zero-order valence-corrected chi connectivity index (χ0v) is 22.4. The largest absolute Gasteiger partial charge is 0.362 e. The first-order valence-electron chi connectivity index (χ1n) is 12.7. The van der Waals surface area contributed by atoms with Gasteiger partial charge in [-0.3, -0.25) is 9.59 Å². The molecular weight excluding hydrogens is 468 g/mol. The van der Waals surface area contributed by atoms with Crippen molar-refractivity contribution in [3.05, 3.63) is 41.6 Å². The fourth-order valence-electron chi connectivity index (χ4n) is 5.01. The van der Waals surface area contributed by atoms with Crippen LogP contribution in [0.1, 0.15) is 36.8 Å². The smallest absolute Gasteiger partial charge is 0.273 e. The number of hydrogen-bond donors (Lipinski definition) is 0. The van der Waals surface area contributed by atoms with E-state index >= 15 is 0 Å². The fourth-order valence-corrected chi connectivity index (χ4v) is 5.01. The van der Waals surface area contributed by atoms with Crippen LogP contribution in [-0.2, 0) is 11.3 Å². The van der Waals surface area contributed by atoms with Crippen molar-refractivity contribution in [1.82, 2.24) is 24.8 Å². The highest BCUT2D eigenvalue weighted by atomic mass is 16.2. The molecule has 2 aromatic heterocycles. The van der Waals surface area contributed by atoms with Crippen LogP contribution in [0.5, 0.6) is 0 Å². The van der Waals surface area contributed by atoms with Crippen molar-refractivity contribution in [2.75, 3.05) is 62.0 Å². The summed E-state index contributed by atoms with van der Waals surface area (Å²) in [7, 11) is 5.91. The Labute approximate surface area is 217 Å². The zero-order chi connectivity index (χ0) is 26.4. The molecule has 37 heavy (non-hydrogen) atoms. The zero-order valence-electron chi connectivity index (χ0n) is 22.4. The number of carbonyl (C=O) groups excluding carboxylic acids is 2. The van der Waals surface area contributed by atoms with E-state index in [9.17, 15) is 9.59 Å². The quantitative estimate of drug-likeness (QED) is 0.526. The molecule has 194 valence electrons. The Morgan fingerprint density at radius 2 is 1.68 bits per heavy atom. The maximum atomic E-state index is 13.4. The van der Waals surface area contributed by atoms with E-state index in [1.165, 1.54) is 0 Å². The molecule has 0 N–H and O–H groups in total. The van der Waals surface area contributed by atoms with Crippen LogP contribution in [0.25, 0.3) is 10.8 Å². The highest BCUT2D eigenvalue weighted by Gasteiger charge is 2.36. The van der Waals surface area contributed by atoms with Crippen LogP contribution in [0, 0.1) is 0 Å². The standard InChI is InChI=1S/C27H34N8O2/c1-17(2)35-16-21-23(26(35)37)29-27(34-13-11-33(12-14-34)18(3)36)30-25(21)32(6)22-15-19-9-7-8-10-20(19)24(28-22)31(4)5/h7-10,15,17H,11-14,16H2,1-6H3. The van der Waals surface area contributed by atoms with Gasteiger partial charge in [-0.2, -0.15) is 4.98 Å². The van der Waals surface area contributed by atoms with Crippen molar-refractivity contribution < 1.29 is 9.59 Å². The fraction of sp³-hybridized carbons (Fsp3) is 0.444. The Hall–Kier alpha value is -3.95. The van der Waals surface area contributed by atoms with E-state index in [0.29, 0.717) is 50.2 Å². The molecule has 0 bridgehead atoms. The molecule has 1 aromatic carbocycles. The van der Waals surface area contributed by atoms with Crippen molar-refractivity contribution in [2.24, 2.45) is 0 Å². The van der Waals surface area contributed by atoms with E-state index in [1.54, 1.807) is 6.92 Å². The third-order valence-electron chi connectivity index (χ3n) is 7.19. The van der Waals surface area contributed by atoms with Crippen molar-refractivity contribution in [3.63, 3.8) is 0 Å². The Bertz CT molecular complexity index is 1360. The second-order valence-electron chi connectivity index (χ2n) is 10.2. The predicted molar refractivity (Wildman–Crippen MR) is 146 cm³/mol. The Balaban J connectivity index is 1.60. The van der Waals surface area contributed by atoms with Crippen molar-refractivity contribution >= 4 is 46.0 Å². The second kappa shape index (κ2) is 9.49. The molecule has 0 aliphatic carbocycles. The van der Waals surface area contributed by atoms with Crippen LogP contribution in [-0.4, -0.2) is 89.9 Å². The van der Waals surface area contributed by atoms with E-state index in [4.69, 9.17) is 15.0 Å². The molecule has 0 saturated carbocycles. The molecule has 10 nitrogen and oxygen atoms in total. The highest BCUT2D eigenvalue weighted by molar-refractivity contribution is 5.99. The lowest BCUT2D eigenvalue weighted by molar-refractivity contribution is -0.129. The number of carbonyl (C=O) groups is 2. The summed E-state index contributed by atoms with van der Waals surface area (Å²) in [5.74, 6) is 2.79. The predicted octanol–water partition coefficient (Wildman–Crippen LogP) is 2.89. The number of rotatable bonds is 5. The number of fused-ring (bicyclic) bond motifs is 2. The van der Waals surface area contributed by atoms with Gasteiger partial charge in [0.25, 0.3) is 5.91 Å². The topological polar surface area (TPSA) is 89.0 Å². The third-order valence-corrected chi connectivity index (χ3v) is 7.19. The van der Waals surface area contributed by atoms with Gasteiger partial charge in [-0.15, -0.1) is 0 Å². The maximum absolute atomic E-state index is 13.4. The molecule has 1 saturated heterocycles. The van der Waals surface area contributed by atoms with Gasteiger partial charge < -0.3 is 24.5 Å². The Kier molecular flexibility index (Phi) is 6.35. The summed E-state index contributed by atoms with van der Waals surface area (Å²) >= 11 is 0. The van der Waals surface area contributed by atoms with E-state index in [1.807, 2.05) is 66.7 Å². The van der Waals surface area contributed by atoms with Crippen molar-refractivity contribution in [3.8, 4) is 0 Å². The first kappa shape index (κ1) is 24.7. The number of anilines is 4. The van der Waals surface area contributed by atoms with Crippen LogP contribution in [0.4, 0.5) is 23.4 Å². The molecule has 2 aliphatic heterocycles. The van der Waals surface area contributed by atoms with Crippen molar-refractivity contribution in [1.29, 1.82) is 0 Å². The van der Waals surface area contributed by atoms with Crippen LogP contribution in [0.3, 0.4) is 0 Å². The first-order chi connectivity index (χ1) is 17.7. The van der Waals surface area contributed by atoms with Crippen LogP contribution >= 0.6 is 0 Å². The van der Waals surface area contributed by atoms with E-state index < -0.39 is 0 Å². The minimum atomic E-state index is -0.0777. The molecule has 0 unspecified atom stereocenters. The van der Waals surface area contributed by atoms with Crippen LogP contribution in [0.15, 0.2) is 30.3 Å². The minimum absolute atomic E-state index is 0.0431. The van der Waals surface area contributed by atoms with Crippen LogP contribution in [0.2, 0.25) is 0 Å². The Morgan fingerprint density at radius 1 is 0.973 bits per heavy atom. The third kappa shape index (κ3) is 4.41. The molecule has 10 heteroatoms. The number of piperazine rings is 1. The van der Waals surface area contributed by atoms with Crippen LogP contribution < -0.4 is 14.7 Å². The van der Waals surface area contributed by atoms with Gasteiger partial charge in [0, 0.05) is 71.2 Å². The van der Waals surface area contributed by atoms with Gasteiger partial charge in [-0.25, -0.2) is 9.97 Å². The molecule has 0 spiro atoms. The SMILES string of the molecule is CC(=O)N1CCN(c2nc3c(c(N(C)c4cc5ccccc5c(N(C)C)n4)n2)CN(C(C)C)C3=O)CC1. The summed E-state index contributed by atoms with van der Waals surface area (Å²) in [5.41, 5.74) is 1.26. The van der Waals surface area contributed by atoms with E-state index in [0.717, 1.165) is 28.0 Å². The normalized spacial score (nSPS) is 15.5. The highest BCUT2D eigenvalue weighted by Crippen LogP contribution is 2.36. The molecular formula is C27H34N8O2. The number of aromatic nitrogens is 3. The van der Waals surface area contributed by atoms with Gasteiger partial charge in [-0.05, 0) is 25.3 Å².